The van der Waals surface area contributed by atoms with E-state index in [0.717, 1.165) is 0 Å². The predicted octanol–water partition coefficient (Wildman–Crippen LogP) is -0.512. The van der Waals surface area contributed by atoms with Crippen LogP contribution < -0.4 is 0 Å². The van der Waals surface area contributed by atoms with Crippen LogP contribution in [0.2, 0.25) is 0 Å². The molecule has 1 rings (SSSR count). The van der Waals surface area contributed by atoms with Crippen molar-refractivity contribution in [3.05, 3.63) is 0 Å². The number of hydrogen-bond acceptors (Lipinski definition) is 6. The molecule has 0 spiro atoms. The van der Waals surface area contributed by atoms with Crippen LogP contribution in [0.15, 0.2) is 0 Å². The van der Waals surface area contributed by atoms with Gasteiger partial charge in [-0.2, -0.15) is 0 Å². The molecule has 0 unspecified atom stereocenters. The molecule has 1 heterocycles. The summed E-state index contributed by atoms with van der Waals surface area (Å²) in [7, 11) is -3.27. The highest BCUT2D eigenvalue weighted by Crippen LogP contribution is 1.88. The van der Waals surface area contributed by atoms with E-state index in [-0.39, 0.29) is 24.7 Å². The van der Waals surface area contributed by atoms with Gasteiger partial charge in [0.15, 0.2) is 9.84 Å². The zero-order chi connectivity index (χ0) is 15.2. The molecule has 0 bridgehead atoms. The Bertz CT molecular complexity index is 451. The molecule has 1 aliphatic heterocycles. The molecule has 0 saturated carbocycles. The molecule has 7 heteroatoms. The third-order valence-electron chi connectivity index (χ3n) is 2.30. The molecule has 0 radical (unpaired) electrons. The highest BCUT2D eigenvalue weighted by atomic mass is 32.2. The lowest BCUT2D eigenvalue weighted by molar-refractivity contribution is 0.00486. The van der Waals surface area contributed by atoms with Crippen LogP contribution in [-0.2, 0) is 28.8 Å². The van der Waals surface area contributed by atoms with Crippen LogP contribution in [0.3, 0.4) is 0 Å². The molecule has 21 heavy (non-hydrogen) atoms. The minimum absolute atomic E-state index is 0.189. The zero-order valence-corrected chi connectivity index (χ0v) is 12.7. The fourth-order valence-corrected chi connectivity index (χ4v) is 2.03. The molecule has 0 fully saturated rings. The Labute approximate surface area is 126 Å². The zero-order valence-electron chi connectivity index (χ0n) is 11.9. The lowest BCUT2D eigenvalue weighted by Gasteiger charge is -2.05. The topological polar surface area (TPSA) is 71.1 Å². The van der Waals surface area contributed by atoms with Crippen molar-refractivity contribution in [2.24, 2.45) is 0 Å². The second-order valence-corrected chi connectivity index (χ2v) is 6.13. The van der Waals surface area contributed by atoms with Gasteiger partial charge in [-0.1, -0.05) is 23.7 Å². The highest BCUT2D eigenvalue weighted by Gasteiger charge is 2.05. The summed E-state index contributed by atoms with van der Waals surface area (Å²) < 4.78 is 44.1. The number of ether oxygens (including phenoxy) is 4. The van der Waals surface area contributed by atoms with Crippen molar-refractivity contribution < 1.29 is 27.4 Å². The number of rotatable bonds is 0. The summed E-state index contributed by atoms with van der Waals surface area (Å²) >= 11 is 0. The third kappa shape index (κ3) is 11.3. The predicted molar refractivity (Wildman–Crippen MR) is 77.5 cm³/mol. The van der Waals surface area contributed by atoms with Crippen LogP contribution in [-0.4, -0.2) is 72.8 Å². The van der Waals surface area contributed by atoms with Gasteiger partial charge in [0.05, 0.1) is 39.6 Å². The summed E-state index contributed by atoms with van der Waals surface area (Å²) in [6.07, 6.45) is 0. The van der Waals surface area contributed by atoms with Crippen LogP contribution in [0.5, 0.6) is 0 Å². The van der Waals surface area contributed by atoms with Crippen molar-refractivity contribution in [1.82, 2.24) is 0 Å². The van der Waals surface area contributed by atoms with E-state index in [1.54, 1.807) is 0 Å². The molecule has 0 aromatic rings. The molecule has 118 valence electrons. The maximum absolute atomic E-state index is 11.6. The van der Waals surface area contributed by atoms with E-state index in [1.165, 1.54) is 0 Å². The SMILES string of the molecule is O=S1(=O)CC#CCOCCOCCOCCOCC#CC1. The monoisotopic (exact) mass is 316 g/mol. The van der Waals surface area contributed by atoms with E-state index in [0.29, 0.717) is 39.6 Å². The van der Waals surface area contributed by atoms with Crippen LogP contribution in [0.25, 0.3) is 0 Å². The third-order valence-corrected chi connectivity index (χ3v) is 3.47. The lowest BCUT2D eigenvalue weighted by atomic mass is 10.6. The normalized spacial score (nSPS) is 22.3. The van der Waals surface area contributed by atoms with Crippen molar-refractivity contribution in [2.75, 3.05) is 64.4 Å². The van der Waals surface area contributed by atoms with Gasteiger partial charge in [-0.15, -0.1) is 0 Å². The van der Waals surface area contributed by atoms with E-state index < -0.39 is 9.84 Å². The summed E-state index contributed by atoms with van der Waals surface area (Å²) in [5.74, 6) is 10.0. The average molecular weight is 316 g/mol. The van der Waals surface area contributed by atoms with Crippen molar-refractivity contribution in [1.29, 1.82) is 0 Å². The number of hydrogen-bond donors (Lipinski definition) is 0. The van der Waals surface area contributed by atoms with Crippen molar-refractivity contribution >= 4 is 9.84 Å². The summed E-state index contributed by atoms with van der Waals surface area (Å²) in [5.41, 5.74) is 0. The first-order chi connectivity index (χ1) is 10.2. The molecule has 0 aromatic heterocycles. The first-order valence-electron chi connectivity index (χ1n) is 6.63. The summed E-state index contributed by atoms with van der Waals surface area (Å²) in [4.78, 5) is 0. The van der Waals surface area contributed by atoms with Gasteiger partial charge in [-0.3, -0.25) is 0 Å². The molecular weight excluding hydrogens is 296 g/mol. The van der Waals surface area contributed by atoms with Crippen molar-refractivity contribution in [3.63, 3.8) is 0 Å². The first-order valence-corrected chi connectivity index (χ1v) is 8.46. The standard InChI is InChI=1S/C14H20O6S/c15-21(16)13-3-1-5-17-7-9-19-11-12-20-10-8-18-6-2-4-14-21/h5-14H2. The minimum Gasteiger partial charge on any atom is -0.377 e. The minimum atomic E-state index is -3.27. The van der Waals surface area contributed by atoms with Crippen LogP contribution in [0.1, 0.15) is 0 Å². The molecule has 0 atom stereocenters. The van der Waals surface area contributed by atoms with Gasteiger partial charge in [0.25, 0.3) is 0 Å². The average Bonchev–Trinajstić information content (AvgIpc) is 2.45. The van der Waals surface area contributed by atoms with Gasteiger partial charge in [-0.05, 0) is 0 Å². The smallest absolute Gasteiger partial charge is 0.172 e. The molecule has 1 aliphatic rings. The Hall–Kier alpha value is -1.09. The van der Waals surface area contributed by atoms with E-state index >= 15 is 0 Å². The summed E-state index contributed by atoms with van der Waals surface area (Å²) in [6.45, 7) is 3.09. The van der Waals surface area contributed by atoms with Gasteiger partial charge in [0, 0.05) is 0 Å². The Balaban J connectivity index is 2.40. The van der Waals surface area contributed by atoms with E-state index in [2.05, 4.69) is 23.7 Å². The molecule has 0 N–H and O–H groups in total. The van der Waals surface area contributed by atoms with E-state index in [1.807, 2.05) is 0 Å². The fourth-order valence-electron chi connectivity index (χ4n) is 1.28. The Morgan fingerprint density at radius 2 is 0.952 bits per heavy atom. The highest BCUT2D eigenvalue weighted by molar-refractivity contribution is 7.91. The quantitative estimate of drug-likeness (QED) is 0.561. The van der Waals surface area contributed by atoms with Gasteiger partial charge in [0.1, 0.15) is 24.7 Å². The second-order valence-electron chi connectivity index (χ2n) is 4.07. The second kappa shape index (κ2) is 11.6. The van der Waals surface area contributed by atoms with Gasteiger partial charge < -0.3 is 18.9 Å². The van der Waals surface area contributed by atoms with Crippen LogP contribution >= 0.6 is 0 Å². The fraction of sp³-hybridized carbons (Fsp3) is 0.714. The maximum Gasteiger partial charge on any atom is 0.172 e. The van der Waals surface area contributed by atoms with E-state index in [4.69, 9.17) is 18.9 Å². The molecule has 0 amide bonds. The van der Waals surface area contributed by atoms with E-state index in [9.17, 15) is 8.42 Å². The summed E-state index contributed by atoms with van der Waals surface area (Å²) in [5, 5.41) is 0. The van der Waals surface area contributed by atoms with Crippen molar-refractivity contribution in [2.45, 2.75) is 0 Å². The Morgan fingerprint density at radius 1 is 0.571 bits per heavy atom. The Morgan fingerprint density at radius 3 is 1.38 bits per heavy atom. The number of sulfone groups is 1. The van der Waals surface area contributed by atoms with Gasteiger partial charge >= 0.3 is 0 Å². The van der Waals surface area contributed by atoms with Gasteiger partial charge in [-0.25, -0.2) is 8.42 Å². The molecule has 6 nitrogen and oxygen atoms in total. The lowest BCUT2D eigenvalue weighted by Crippen LogP contribution is -2.12. The Kier molecular flexibility index (Phi) is 9.88. The van der Waals surface area contributed by atoms with Gasteiger partial charge in [0.2, 0.25) is 0 Å². The molecular formula is C14H20O6S. The largest absolute Gasteiger partial charge is 0.377 e. The van der Waals surface area contributed by atoms with Crippen LogP contribution in [0.4, 0.5) is 0 Å². The molecule has 0 saturated heterocycles. The van der Waals surface area contributed by atoms with Crippen LogP contribution in [0, 0.1) is 23.7 Å². The summed E-state index contributed by atoms with van der Waals surface area (Å²) in [6, 6.07) is 0. The first kappa shape index (κ1) is 18.0. The molecule has 0 aromatic carbocycles. The maximum atomic E-state index is 11.6. The van der Waals surface area contributed by atoms with Crippen molar-refractivity contribution in [3.8, 4) is 23.7 Å². The molecule has 0 aliphatic carbocycles.